The summed E-state index contributed by atoms with van der Waals surface area (Å²) in [6, 6.07) is 22.7. The lowest BCUT2D eigenvalue weighted by Gasteiger charge is -2.26. The molecule has 5 nitrogen and oxygen atoms in total. The molecule has 0 radical (unpaired) electrons. The minimum Gasteiger partial charge on any atom is -0.344 e. The van der Waals surface area contributed by atoms with Crippen LogP contribution in [0, 0.1) is 5.92 Å². The summed E-state index contributed by atoms with van der Waals surface area (Å²) in [5.41, 5.74) is 2.55. The van der Waals surface area contributed by atoms with Crippen molar-refractivity contribution in [3.05, 3.63) is 107 Å². The standard InChI is InChI=1S/C31H32ClF3N2O3/c1-20(2)28(29(39)31(33,34)35)37-30(40)26(17-16-21-10-5-3-6-11-21)36-27(38)19-25(22-12-7-4-8-13-22)23-14-9-15-24(32)18-23/h3-15,18,20,25-26,28H,16-17,19H2,1-2H3,(H,36,38)(H,37,40). The second-order valence-corrected chi connectivity index (χ2v) is 10.4. The topological polar surface area (TPSA) is 75.3 Å². The first kappa shape index (κ1) is 30.9. The van der Waals surface area contributed by atoms with Crippen LogP contribution in [0.25, 0.3) is 0 Å². The maximum Gasteiger partial charge on any atom is 0.452 e. The number of benzene rings is 3. The molecular formula is C31H32ClF3N2O3. The Labute approximate surface area is 237 Å². The molecule has 3 unspecified atom stereocenters. The van der Waals surface area contributed by atoms with E-state index in [0.717, 1.165) is 16.7 Å². The number of halogens is 4. The Morgan fingerprint density at radius 1 is 0.825 bits per heavy atom. The van der Waals surface area contributed by atoms with Crippen LogP contribution < -0.4 is 10.6 Å². The predicted octanol–water partition coefficient (Wildman–Crippen LogP) is 6.25. The highest BCUT2D eigenvalue weighted by atomic mass is 35.5. The van der Waals surface area contributed by atoms with Gasteiger partial charge in [-0.1, -0.05) is 98.2 Å². The fourth-order valence-corrected chi connectivity index (χ4v) is 4.66. The lowest BCUT2D eigenvalue weighted by molar-refractivity contribution is -0.175. The van der Waals surface area contributed by atoms with E-state index in [-0.39, 0.29) is 18.8 Å². The summed E-state index contributed by atoms with van der Waals surface area (Å²) in [4.78, 5) is 38.6. The molecule has 3 atom stereocenters. The Hall–Kier alpha value is -3.65. The molecular weight excluding hydrogens is 541 g/mol. The Bertz CT molecular complexity index is 1280. The monoisotopic (exact) mass is 572 g/mol. The first-order valence-electron chi connectivity index (χ1n) is 13.0. The van der Waals surface area contributed by atoms with E-state index in [9.17, 15) is 27.6 Å². The van der Waals surface area contributed by atoms with Crippen molar-refractivity contribution in [1.82, 2.24) is 10.6 Å². The summed E-state index contributed by atoms with van der Waals surface area (Å²) in [7, 11) is 0. The number of nitrogens with one attached hydrogen (secondary N) is 2. The third kappa shape index (κ3) is 8.95. The molecule has 0 aliphatic carbocycles. The number of ketones is 1. The number of rotatable bonds is 12. The molecule has 212 valence electrons. The average Bonchev–Trinajstić information content (AvgIpc) is 2.92. The molecule has 3 aromatic rings. The van der Waals surface area contributed by atoms with Gasteiger partial charge in [-0.15, -0.1) is 0 Å². The molecule has 0 bridgehead atoms. The van der Waals surface area contributed by atoms with Crippen molar-refractivity contribution in [3.8, 4) is 0 Å². The highest BCUT2D eigenvalue weighted by molar-refractivity contribution is 6.30. The zero-order valence-corrected chi connectivity index (χ0v) is 23.0. The van der Waals surface area contributed by atoms with Gasteiger partial charge in [-0.05, 0) is 47.6 Å². The van der Waals surface area contributed by atoms with Crippen molar-refractivity contribution >= 4 is 29.2 Å². The van der Waals surface area contributed by atoms with Crippen LogP contribution in [0.2, 0.25) is 5.02 Å². The fraction of sp³-hybridized carbons (Fsp3) is 0.323. The smallest absolute Gasteiger partial charge is 0.344 e. The van der Waals surface area contributed by atoms with Gasteiger partial charge < -0.3 is 10.6 Å². The van der Waals surface area contributed by atoms with Crippen molar-refractivity contribution in [2.45, 2.75) is 57.3 Å². The lowest BCUT2D eigenvalue weighted by atomic mass is 9.88. The molecule has 40 heavy (non-hydrogen) atoms. The summed E-state index contributed by atoms with van der Waals surface area (Å²) in [5, 5.41) is 5.47. The van der Waals surface area contributed by atoms with Gasteiger partial charge in [-0.25, -0.2) is 0 Å². The van der Waals surface area contributed by atoms with E-state index in [1.165, 1.54) is 13.8 Å². The van der Waals surface area contributed by atoms with E-state index in [0.29, 0.717) is 11.4 Å². The van der Waals surface area contributed by atoms with Crippen molar-refractivity contribution in [2.24, 2.45) is 5.92 Å². The van der Waals surface area contributed by atoms with Crippen LogP contribution in [0.3, 0.4) is 0 Å². The second kappa shape index (κ2) is 14.1. The normalized spacial score (nSPS) is 13.8. The van der Waals surface area contributed by atoms with Crippen LogP contribution in [0.15, 0.2) is 84.9 Å². The Balaban J connectivity index is 1.83. The SMILES string of the molecule is CC(C)C(NC(=O)C(CCc1ccccc1)NC(=O)CC(c1ccccc1)c1cccc(Cl)c1)C(=O)C(F)(F)F. The fourth-order valence-electron chi connectivity index (χ4n) is 4.47. The van der Waals surface area contributed by atoms with Crippen LogP contribution in [0.5, 0.6) is 0 Å². The van der Waals surface area contributed by atoms with Gasteiger partial charge in [0, 0.05) is 17.4 Å². The highest BCUT2D eigenvalue weighted by Crippen LogP contribution is 2.30. The maximum absolute atomic E-state index is 13.4. The first-order chi connectivity index (χ1) is 19.0. The van der Waals surface area contributed by atoms with Gasteiger partial charge in [-0.2, -0.15) is 13.2 Å². The highest BCUT2D eigenvalue weighted by Gasteiger charge is 2.45. The number of Topliss-reactive ketones (excluding diaryl/α,β-unsaturated/α-hetero) is 1. The van der Waals surface area contributed by atoms with E-state index in [2.05, 4.69) is 10.6 Å². The van der Waals surface area contributed by atoms with Gasteiger partial charge in [0.05, 0.1) is 6.04 Å². The average molecular weight is 573 g/mol. The third-order valence-electron chi connectivity index (χ3n) is 6.59. The summed E-state index contributed by atoms with van der Waals surface area (Å²) in [6.07, 6.45) is -4.63. The van der Waals surface area contributed by atoms with Gasteiger partial charge in [0.15, 0.2) is 0 Å². The predicted molar refractivity (Wildman–Crippen MR) is 149 cm³/mol. The Morgan fingerprint density at radius 3 is 2.00 bits per heavy atom. The summed E-state index contributed by atoms with van der Waals surface area (Å²) in [6.45, 7) is 2.84. The zero-order valence-electron chi connectivity index (χ0n) is 22.3. The Kier molecular flexibility index (Phi) is 10.9. The Morgan fingerprint density at radius 2 is 1.43 bits per heavy atom. The molecule has 3 rings (SSSR count). The lowest BCUT2D eigenvalue weighted by Crippen LogP contribution is -2.55. The van der Waals surface area contributed by atoms with Crippen molar-refractivity contribution in [3.63, 3.8) is 0 Å². The molecule has 0 aromatic heterocycles. The number of aryl methyl sites for hydroxylation is 1. The molecule has 0 fully saturated rings. The number of amides is 2. The number of carbonyl (C=O) groups excluding carboxylic acids is 3. The maximum atomic E-state index is 13.4. The van der Waals surface area contributed by atoms with Crippen molar-refractivity contribution in [1.29, 1.82) is 0 Å². The molecule has 0 saturated carbocycles. The zero-order chi connectivity index (χ0) is 29.3. The van der Waals surface area contributed by atoms with Crippen LogP contribution >= 0.6 is 11.6 Å². The largest absolute Gasteiger partial charge is 0.452 e. The number of carbonyl (C=O) groups is 3. The van der Waals surface area contributed by atoms with Crippen LogP contribution in [-0.4, -0.2) is 35.9 Å². The number of hydrogen-bond donors (Lipinski definition) is 2. The first-order valence-corrected chi connectivity index (χ1v) is 13.4. The molecule has 0 spiro atoms. The summed E-state index contributed by atoms with van der Waals surface area (Å²) >= 11 is 6.21. The van der Waals surface area contributed by atoms with Gasteiger partial charge >= 0.3 is 6.18 Å². The summed E-state index contributed by atoms with van der Waals surface area (Å²) < 4.78 is 39.6. The van der Waals surface area contributed by atoms with Gasteiger partial charge in [0.25, 0.3) is 5.78 Å². The van der Waals surface area contributed by atoms with Crippen LogP contribution in [0.4, 0.5) is 13.2 Å². The van der Waals surface area contributed by atoms with Gasteiger partial charge in [-0.3, -0.25) is 14.4 Å². The number of hydrogen-bond acceptors (Lipinski definition) is 3. The molecule has 0 aliphatic rings. The minimum absolute atomic E-state index is 0.0332. The molecule has 9 heteroatoms. The molecule has 2 N–H and O–H groups in total. The van der Waals surface area contributed by atoms with E-state index in [1.54, 1.807) is 18.2 Å². The quantitative estimate of drug-likeness (QED) is 0.269. The molecule has 0 saturated heterocycles. The van der Waals surface area contributed by atoms with Crippen LogP contribution in [0.1, 0.15) is 49.3 Å². The molecule has 0 aliphatic heterocycles. The molecule has 3 aromatic carbocycles. The number of alkyl halides is 3. The van der Waals surface area contributed by atoms with E-state index in [1.807, 2.05) is 66.7 Å². The van der Waals surface area contributed by atoms with E-state index >= 15 is 0 Å². The summed E-state index contributed by atoms with van der Waals surface area (Å²) in [5.74, 6) is -4.54. The van der Waals surface area contributed by atoms with E-state index < -0.39 is 41.8 Å². The van der Waals surface area contributed by atoms with Crippen molar-refractivity contribution < 1.29 is 27.6 Å². The van der Waals surface area contributed by atoms with E-state index in [4.69, 9.17) is 11.6 Å². The third-order valence-corrected chi connectivity index (χ3v) is 6.82. The molecule has 2 amide bonds. The van der Waals surface area contributed by atoms with Gasteiger partial charge in [0.2, 0.25) is 11.8 Å². The van der Waals surface area contributed by atoms with Crippen molar-refractivity contribution in [2.75, 3.05) is 0 Å². The van der Waals surface area contributed by atoms with Crippen LogP contribution in [-0.2, 0) is 20.8 Å². The van der Waals surface area contributed by atoms with Gasteiger partial charge in [0.1, 0.15) is 6.04 Å². The molecule has 0 heterocycles. The second-order valence-electron chi connectivity index (χ2n) is 9.96. The minimum atomic E-state index is -5.11.